The minimum Gasteiger partial charge on any atom is -0.393 e. The molecule has 3 N–H and O–H groups in total. The lowest BCUT2D eigenvalue weighted by molar-refractivity contribution is -0.126. The van der Waals surface area contributed by atoms with Gasteiger partial charge in [0.25, 0.3) is 0 Å². The van der Waals surface area contributed by atoms with Crippen LogP contribution in [0.3, 0.4) is 0 Å². The first kappa shape index (κ1) is 11.4. The first-order valence-electron chi connectivity index (χ1n) is 5.92. The molecule has 1 saturated carbocycles. The molecule has 0 spiro atoms. The molecule has 0 aromatic heterocycles. The first-order chi connectivity index (χ1) is 7.66. The number of nitrogens with one attached hydrogen (secondary N) is 2. The average Bonchev–Trinajstić information content (AvgIpc) is 2.84. The number of aliphatic hydroxyl groups excluding tert-OH is 1. The third kappa shape index (κ3) is 2.52. The number of carbonyl (C=O) groups is 2. The lowest BCUT2D eigenvalue weighted by Gasteiger charge is -2.17. The zero-order valence-electron chi connectivity index (χ0n) is 9.24. The van der Waals surface area contributed by atoms with E-state index in [1.807, 2.05) is 0 Å². The van der Waals surface area contributed by atoms with E-state index < -0.39 is 0 Å². The predicted molar refractivity (Wildman–Crippen MR) is 57.5 cm³/mol. The van der Waals surface area contributed by atoms with Crippen LogP contribution in [0.5, 0.6) is 0 Å². The standard InChI is InChI=1S/C11H18N2O3/c14-9-3-1-2-7(9)6-12-11(16)8-4-5-10(15)13-8/h7-9,14H,1-6H2,(H,12,16)(H,13,15). The van der Waals surface area contributed by atoms with E-state index in [0.717, 1.165) is 19.3 Å². The summed E-state index contributed by atoms with van der Waals surface area (Å²) in [5.74, 6) is 0.00653. The molecule has 3 unspecified atom stereocenters. The highest BCUT2D eigenvalue weighted by Crippen LogP contribution is 2.24. The molecule has 3 atom stereocenters. The minimum atomic E-state index is -0.369. The van der Waals surface area contributed by atoms with Gasteiger partial charge in [0.15, 0.2) is 0 Å². The van der Waals surface area contributed by atoms with E-state index >= 15 is 0 Å². The van der Waals surface area contributed by atoms with Gasteiger partial charge in [0.1, 0.15) is 6.04 Å². The van der Waals surface area contributed by atoms with E-state index in [-0.39, 0.29) is 29.9 Å². The minimum absolute atomic E-state index is 0.0546. The van der Waals surface area contributed by atoms with Crippen LogP contribution >= 0.6 is 0 Å². The second-order valence-corrected chi connectivity index (χ2v) is 4.66. The van der Waals surface area contributed by atoms with Gasteiger partial charge in [-0.25, -0.2) is 0 Å². The molecule has 2 amide bonds. The smallest absolute Gasteiger partial charge is 0.242 e. The van der Waals surface area contributed by atoms with E-state index in [0.29, 0.717) is 19.4 Å². The van der Waals surface area contributed by atoms with Crippen molar-refractivity contribution in [3.8, 4) is 0 Å². The maximum absolute atomic E-state index is 11.6. The van der Waals surface area contributed by atoms with E-state index in [4.69, 9.17) is 0 Å². The number of carbonyl (C=O) groups excluding carboxylic acids is 2. The van der Waals surface area contributed by atoms with Crippen LogP contribution in [0.1, 0.15) is 32.1 Å². The number of rotatable bonds is 3. The Labute approximate surface area is 94.6 Å². The van der Waals surface area contributed by atoms with Crippen molar-refractivity contribution < 1.29 is 14.7 Å². The SMILES string of the molecule is O=C1CCC(C(=O)NCC2CCCC2O)N1. The molecule has 0 bridgehead atoms. The topological polar surface area (TPSA) is 78.4 Å². The van der Waals surface area contributed by atoms with E-state index in [1.165, 1.54) is 0 Å². The summed E-state index contributed by atoms with van der Waals surface area (Å²) >= 11 is 0. The average molecular weight is 226 g/mol. The highest BCUT2D eigenvalue weighted by Gasteiger charge is 2.29. The summed E-state index contributed by atoms with van der Waals surface area (Å²) in [6.07, 6.45) is 3.57. The molecule has 0 radical (unpaired) electrons. The molecule has 1 aliphatic carbocycles. The van der Waals surface area contributed by atoms with Crippen molar-refractivity contribution in [2.45, 2.75) is 44.2 Å². The zero-order chi connectivity index (χ0) is 11.5. The number of hydrogen-bond donors (Lipinski definition) is 3. The third-order valence-electron chi connectivity index (χ3n) is 3.47. The van der Waals surface area contributed by atoms with E-state index in [2.05, 4.69) is 10.6 Å². The molecule has 0 aromatic rings. The number of hydrogen-bond acceptors (Lipinski definition) is 3. The van der Waals surface area contributed by atoms with Crippen LogP contribution in [0, 0.1) is 5.92 Å². The van der Waals surface area contributed by atoms with Crippen LogP contribution in [0.25, 0.3) is 0 Å². The quantitative estimate of drug-likeness (QED) is 0.609. The van der Waals surface area contributed by atoms with Crippen molar-refractivity contribution in [2.75, 3.05) is 6.54 Å². The second-order valence-electron chi connectivity index (χ2n) is 4.66. The Hall–Kier alpha value is -1.10. The molecule has 5 heteroatoms. The molecular weight excluding hydrogens is 208 g/mol. The Bertz CT molecular complexity index is 293. The van der Waals surface area contributed by atoms with Crippen LogP contribution in [-0.4, -0.2) is 35.6 Å². The molecule has 2 aliphatic rings. The van der Waals surface area contributed by atoms with Gasteiger partial charge in [-0.05, 0) is 19.3 Å². The fourth-order valence-corrected chi connectivity index (χ4v) is 2.42. The van der Waals surface area contributed by atoms with Crippen LogP contribution in [-0.2, 0) is 9.59 Å². The van der Waals surface area contributed by atoms with Gasteiger partial charge in [-0.1, -0.05) is 6.42 Å². The van der Waals surface area contributed by atoms with Crippen molar-refractivity contribution in [3.63, 3.8) is 0 Å². The monoisotopic (exact) mass is 226 g/mol. The van der Waals surface area contributed by atoms with Gasteiger partial charge in [-0.2, -0.15) is 0 Å². The first-order valence-corrected chi connectivity index (χ1v) is 5.92. The maximum atomic E-state index is 11.6. The van der Waals surface area contributed by atoms with Crippen LogP contribution < -0.4 is 10.6 Å². The summed E-state index contributed by atoms with van der Waals surface area (Å²) in [5.41, 5.74) is 0. The predicted octanol–water partition coefficient (Wildman–Crippen LogP) is -0.458. The van der Waals surface area contributed by atoms with Crippen LogP contribution in [0.15, 0.2) is 0 Å². The van der Waals surface area contributed by atoms with Gasteiger partial charge in [-0.3, -0.25) is 9.59 Å². The molecule has 2 rings (SSSR count). The Morgan fingerprint density at radius 3 is 2.81 bits per heavy atom. The van der Waals surface area contributed by atoms with Crippen molar-refractivity contribution in [1.82, 2.24) is 10.6 Å². The maximum Gasteiger partial charge on any atom is 0.242 e. The van der Waals surface area contributed by atoms with Crippen LogP contribution in [0.2, 0.25) is 0 Å². The van der Waals surface area contributed by atoms with Crippen LogP contribution in [0.4, 0.5) is 0 Å². The normalized spacial score (nSPS) is 33.8. The summed E-state index contributed by atoms with van der Waals surface area (Å²) in [6.45, 7) is 0.520. The Balaban J connectivity index is 1.73. The van der Waals surface area contributed by atoms with E-state index in [9.17, 15) is 14.7 Å². The van der Waals surface area contributed by atoms with Gasteiger partial charge in [0, 0.05) is 18.9 Å². The molecular formula is C11H18N2O3. The third-order valence-corrected chi connectivity index (χ3v) is 3.47. The Kier molecular flexibility index (Phi) is 3.43. The van der Waals surface area contributed by atoms with Crippen molar-refractivity contribution in [3.05, 3.63) is 0 Å². The van der Waals surface area contributed by atoms with Crippen molar-refractivity contribution in [1.29, 1.82) is 0 Å². The number of amides is 2. The van der Waals surface area contributed by atoms with Gasteiger partial charge >= 0.3 is 0 Å². The summed E-state index contributed by atoms with van der Waals surface area (Å²) in [5, 5.41) is 15.0. The molecule has 90 valence electrons. The van der Waals surface area contributed by atoms with E-state index in [1.54, 1.807) is 0 Å². The molecule has 5 nitrogen and oxygen atoms in total. The Morgan fingerprint density at radius 1 is 1.44 bits per heavy atom. The summed E-state index contributed by atoms with van der Waals surface area (Å²) < 4.78 is 0. The molecule has 1 saturated heterocycles. The fourth-order valence-electron chi connectivity index (χ4n) is 2.42. The van der Waals surface area contributed by atoms with Crippen molar-refractivity contribution >= 4 is 11.8 Å². The van der Waals surface area contributed by atoms with Crippen molar-refractivity contribution in [2.24, 2.45) is 5.92 Å². The molecule has 1 aliphatic heterocycles. The van der Waals surface area contributed by atoms with Gasteiger partial charge in [0.05, 0.1) is 6.10 Å². The van der Waals surface area contributed by atoms with Gasteiger partial charge in [0.2, 0.25) is 11.8 Å². The lowest BCUT2D eigenvalue weighted by atomic mass is 10.1. The summed E-state index contributed by atoms with van der Waals surface area (Å²) in [6, 6.07) is -0.369. The highest BCUT2D eigenvalue weighted by molar-refractivity contribution is 5.90. The zero-order valence-corrected chi connectivity index (χ0v) is 9.24. The Morgan fingerprint density at radius 2 is 2.25 bits per heavy atom. The molecule has 2 fully saturated rings. The van der Waals surface area contributed by atoms with Gasteiger partial charge < -0.3 is 15.7 Å². The lowest BCUT2D eigenvalue weighted by Crippen LogP contribution is -2.43. The highest BCUT2D eigenvalue weighted by atomic mass is 16.3. The molecule has 0 aromatic carbocycles. The summed E-state index contributed by atoms with van der Waals surface area (Å²) in [4.78, 5) is 22.6. The second kappa shape index (κ2) is 4.82. The largest absolute Gasteiger partial charge is 0.393 e. The summed E-state index contributed by atoms with van der Waals surface area (Å²) in [7, 11) is 0. The fraction of sp³-hybridized carbons (Fsp3) is 0.818. The molecule has 16 heavy (non-hydrogen) atoms. The van der Waals surface area contributed by atoms with Gasteiger partial charge in [-0.15, -0.1) is 0 Å². The molecule has 1 heterocycles. The number of aliphatic hydroxyl groups is 1.